The zero-order chi connectivity index (χ0) is 37.1. The van der Waals surface area contributed by atoms with Gasteiger partial charge < -0.3 is 25.4 Å². The molecular weight excluding hydrogens is 719 g/mol. The molecule has 1 unspecified atom stereocenters. The van der Waals surface area contributed by atoms with Crippen LogP contribution in [0.5, 0.6) is 5.88 Å². The largest absolute Gasteiger partial charge is 0.481 e. The van der Waals surface area contributed by atoms with E-state index < -0.39 is 12.5 Å². The normalized spacial score (nSPS) is 14.3. The van der Waals surface area contributed by atoms with Gasteiger partial charge in [0.25, 0.3) is 5.56 Å². The van der Waals surface area contributed by atoms with Gasteiger partial charge in [0.05, 0.1) is 35.9 Å². The van der Waals surface area contributed by atoms with Gasteiger partial charge in [-0.05, 0) is 24.6 Å². The second-order valence-electron chi connectivity index (χ2n) is 12.4. The number of alkyl halides is 2. The molecule has 4 heterocycles. The molecule has 52 heavy (non-hydrogen) atoms. The van der Waals surface area contributed by atoms with Crippen molar-refractivity contribution in [2.24, 2.45) is 7.05 Å². The zero-order valence-corrected chi connectivity index (χ0v) is 29.7. The second kappa shape index (κ2) is 15.7. The summed E-state index contributed by atoms with van der Waals surface area (Å²) in [6, 6.07) is 15.8. The number of nitrogens with zero attached hydrogens (tertiary/aromatic N) is 5. The van der Waals surface area contributed by atoms with Crippen LogP contribution in [0.1, 0.15) is 30.7 Å². The molecule has 1 fully saturated rings. The highest BCUT2D eigenvalue weighted by molar-refractivity contribution is 6.39. The standard InChI is InChI=1S/C36H35Cl2F2N7O5/c1-45-30(16-41-14-13-29(39)40)44-47-18-21(15-28(47)35(45)49)23-5-3-6-24(32(23)37)25-7-4-8-26(33(25)38)27-11-9-20(34(43-27)52-2)17-46(36(50)51)19-22-10-12-31(48)42-22/h3-9,11,15,18,22,29,41H,10,12-14,16-17,19H2,1-2H3,(H,42,48)(H,50,51). The van der Waals surface area contributed by atoms with Crippen molar-refractivity contribution in [1.29, 1.82) is 0 Å². The fraction of sp³-hybridized carbons (Fsp3) is 0.306. The highest BCUT2D eigenvalue weighted by atomic mass is 35.5. The maximum Gasteiger partial charge on any atom is 0.407 e. The van der Waals surface area contributed by atoms with Crippen LogP contribution in [0.25, 0.3) is 39.0 Å². The molecule has 0 radical (unpaired) electrons. The van der Waals surface area contributed by atoms with Gasteiger partial charge in [0.1, 0.15) is 11.3 Å². The molecule has 1 aliphatic rings. The first-order chi connectivity index (χ1) is 24.9. The van der Waals surface area contributed by atoms with Crippen LogP contribution in [-0.2, 0) is 24.9 Å². The number of nitrogens with one attached hydrogen (secondary N) is 2. The molecule has 272 valence electrons. The summed E-state index contributed by atoms with van der Waals surface area (Å²) in [5, 5.41) is 20.8. The predicted molar refractivity (Wildman–Crippen MR) is 193 cm³/mol. The molecule has 12 nitrogen and oxygen atoms in total. The molecule has 0 spiro atoms. The molecule has 0 saturated carbocycles. The van der Waals surface area contributed by atoms with E-state index in [0.717, 1.165) is 0 Å². The third-order valence-electron chi connectivity index (χ3n) is 8.92. The van der Waals surface area contributed by atoms with Crippen molar-refractivity contribution in [3.63, 3.8) is 0 Å². The van der Waals surface area contributed by atoms with Crippen LogP contribution < -0.4 is 20.9 Å². The first-order valence-electron chi connectivity index (χ1n) is 16.4. The van der Waals surface area contributed by atoms with Gasteiger partial charge in [0, 0.05) is 78.6 Å². The number of aromatic nitrogens is 4. The molecule has 0 aliphatic carbocycles. The molecule has 3 aromatic heterocycles. The van der Waals surface area contributed by atoms with Crippen LogP contribution in [0.15, 0.2) is 65.6 Å². The van der Waals surface area contributed by atoms with Crippen LogP contribution in [-0.4, -0.2) is 73.8 Å². The van der Waals surface area contributed by atoms with Crippen molar-refractivity contribution in [3.05, 3.63) is 92.6 Å². The van der Waals surface area contributed by atoms with Crippen LogP contribution >= 0.6 is 23.2 Å². The van der Waals surface area contributed by atoms with Gasteiger partial charge in [-0.25, -0.2) is 23.1 Å². The Morgan fingerprint density at radius 2 is 1.79 bits per heavy atom. The lowest BCUT2D eigenvalue weighted by atomic mass is 9.97. The molecule has 1 saturated heterocycles. The summed E-state index contributed by atoms with van der Waals surface area (Å²) in [6.45, 7) is 0.359. The Labute approximate surface area is 306 Å². The Kier molecular flexibility index (Phi) is 11.1. The number of benzene rings is 2. The molecular formula is C36H35Cl2F2N7O5. The average Bonchev–Trinajstić information content (AvgIpc) is 3.74. The predicted octanol–water partition coefficient (Wildman–Crippen LogP) is 6.25. The number of methoxy groups -OCH3 is 1. The van der Waals surface area contributed by atoms with E-state index >= 15 is 0 Å². The van der Waals surface area contributed by atoms with E-state index in [2.05, 4.69) is 20.7 Å². The van der Waals surface area contributed by atoms with E-state index in [1.807, 2.05) is 30.3 Å². The first kappa shape index (κ1) is 36.7. The summed E-state index contributed by atoms with van der Waals surface area (Å²) in [4.78, 5) is 42.8. The average molecular weight is 755 g/mol. The van der Waals surface area contributed by atoms with Gasteiger partial charge in [0.2, 0.25) is 18.2 Å². The monoisotopic (exact) mass is 753 g/mol. The van der Waals surface area contributed by atoms with E-state index in [9.17, 15) is 28.3 Å². The highest BCUT2D eigenvalue weighted by Crippen LogP contribution is 2.42. The molecule has 16 heteroatoms. The molecule has 1 atom stereocenters. The van der Waals surface area contributed by atoms with Crippen LogP contribution in [0.2, 0.25) is 10.0 Å². The first-order valence-corrected chi connectivity index (χ1v) is 17.2. The van der Waals surface area contributed by atoms with Crippen LogP contribution in [0.4, 0.5) is 13.6 Å². The Bertz CT molecular complexity index is 2210. The topological polar surface area (TPSA) is 143 Å². The number of pyridine rings is 1. The van der Waals surface area contributed by atoms with Gasteiger partial charge >= 0.3 is 6.09 Å². The number of amides is 2. The zero-order valence-electron chi connectivity index (χ0n) is 28.2. The van der Waals surface area contributed by atoms with Gasteiger partial charge in [-0.3, -0.25) is 14.2 Å². The third-order valence-corrected chi connectivity index (χ3v) is 9.74. The van der Waals surface area contributed by atoms with Crippen LogP contribution in [0, 0.1) is 0 Å². The molecule has 5 aromatic rings. The minimum atomic E-state index is -2.42. The number of hydrogen-bond donors (Lipinski definition) is 3. The maximum atomic E-state index is 13.2. The minimum absolute atomic E-state index is 0.00444. The Morgan fingerprint density at radius 1 is 1.10 bits per heavy atom. The minimum Gasteiger partial charge on any atom is -0.481 e. The third kappa shape index (κ3) is 7.73. The van der Waals surface area contributed by atoms with E-state index in [0.29, 0.717) is 73.3 Å². The molecule has 3 N–H and O–H groups in total. The number of hydrogen-bond acceptors (Lipinski definition) is 7. The van der Waals surface area contributed by atoms with E-state index in [1.54, 1.807) is 37.5 Å². The lowest BCUT2D eigenvalue weighted by Crippen LogP contribution is -2.41. The summed E-state index contributed by atoms with van der Waals surface area (Å²) < 4.78 is 33.5. The van der Waals surface area contributed by atoms with Gasteiger partial charge in [-0.1, -0.05) is 59.6 Å². The van der Waals surface area contributed by atoms with Crippen molar-refractivity contribution < 1.29 is 28.2 Å². The van der Waals surface area contributed by atoms with Gasteiger partial charge in [0.15, 0.2) is 0 Å². The lowest BCUT2D eigenvalue weighted by molar-refractivity contribution is -0.119. The smallest absolute Gasteiger partial charge is 0.407 e. The number of carboxylic acid groups (broad SMARTS) is 1. The van der Waals surface area contributed by atoms with Crippen molar-refractivity contribution in [2.75, 3.05) is 20.2 Å². The fourth-order valence-electron chi connectivity index (χ4n) is 6.20. The Hall–Kier alpha value is -5.05. The number of rotatable bonds is 13. The van der Waals surface area contributed by atoms with E-state index in [4.69, 9.17) is 27.9 Å². The SMILES string of the molecule is COc1nc(-c2cccc(-c3cccc(-c4cc5c(=O)n(C)c(CNCCC(F)F)nn5c4)c3Cl)c2Cl)ccc1CN(CC1CCC(=O)N1)C(=O)O. The molecule has 2 amide bonds. The molecule has 2 aromatic carbocycles. The van der Waals surface area contributed by atoms with Crippen molar-refractivity contribution in [1.82, 2.24) is 34.7 Å². The summed E-state index contributed by atoms with van der Waals surface area (Å²) in [5.41, 5.74) is 4.16. The maximum absolute atomic E-state index is 13.2. The molecule has 0 bridgehead atoms. The summed E-state index contributed by atoms with van der Waals surface area (Å²) in [5.74, 6) is 0.517. The number of fused-ring (bicyclic) bond motifs is 1. The lowest BCUT2D eigenvalue weighted by Gasteiger charge is -2.23. The van der Waals surface area contributed by atoms with E-state index in [1.165, 1.54) is 21.1 Å². The molecule has 6 rings (SSSR count). The Morgan fingerprint density at radius 3 is 2.44 bits per heavy atom. The fourth-order valence-corrected chi connectivity index (χ4v) is 6.86. The van der Waals surface area contributed by atoms with Crippen molar-refractivity contribution >= 4 is 40.7 Å². The summed E-state index contributed by atoms with van der Waals surface area (Å²) >= 11 is 14.1. The van der Waals surface area contributed by atoms with Gasteiger partial charge in [-0.2, -0.15) is 5.10 Å². The second-order valence-corrected chi connectivity index (χ2v) is 13.1. The number of carbonyl (C=O) groups excluding carboxylic acids is 1. The Balaban J connectivity index is 1.28. The number of halogens is 4. The summed E-state index contributed by atoms with van der Waals surface area (Å²) in [7, 11) is 3.03. The quantitative estimate of drug-likeness (QED) is 0.120. The van der Waals surface area contributed by atoms with Crippen molar-refractivity contribution in [2.45, 2.75) is 44.8 Å². The number of ether oxygens (including phenoxy) is 1. The van der Waals surface area contributed by atoms with Gasteiger partial charge in [-0.15, -0.1) is 0 Å². The van der Waals surface area contributed by atoms with E-state index in [-0.39, 0.29) is 56.0 Å². The highest BCUT2D eigenvalue weighted by Gasteiger charge is 2.26. The van der Waals surface area contributed by atoms with Crippen molar-refractivity contribution in [3.8, 4) is 39.4 Å². The van der Waals surface area contributed by atoms with Crippen LogP contribution in [0.3, 0.4) is 0 Å². The molecule has 1 aliphatic heterocycles. The summed E-state index contributed by atoms with van der Waals surface area (Å²) in [6.07, 6.45) is -1.24. The number of carbonyl (C=O) groups is 2.